The van der Waals surface area contributed by atoms with E-state index in [4.69, 9.17) is 4.74 Å². The Morgan fingerprint density at radius 2 is 2.18 bits per heavy atom. The summed E-state index contributed by atoms with van der Waals surface area (Å²) in [5.74, 6) is 0.284. The number of carbonyl (C=O) groups excluding carboxylic acids is 1. The number of nitrogens with zero attached hydrogens (tertiary/aromatic N) is 1. The van der Waals surface area contributed by atoms with Gasteiger partial charge in [0.2, 0.25) is 5.91 Å². The minimum Gasteiger partial charge on any atom is -0.376 e. The van der Waals surface area contributed by atoms with E-state index in [0.717, 1.165) is 45.5 Å². The fraction of sp³-hybridized carbons (Fsp3) is 0.611. The third kappa shape index (κ3) is 5.11. The van der Waals surface area contributed by atoms with E-state index in [1.165, 1.54) is 5.56 Å². The first-order chi connectivity index (χ1) is 10.7. The van der Waals surface area contributed by atoms with Gasteiger partial charge in [0.1, 0.15) is 0 Å². The highest BCUT2D eigenvalue weighted by Gasteiger charge is 2.28. The van der Waals surface area contributed by atoms with Gasteiger partial charge in [-0.25, -0.2) is 0 Å². The molecule has 2 unspecified atom stereocenters. The number of carbonyl (C=O) groups is 1. The number of ether oxygens (including phenoxy) is 1. The summed E-state index contributed by atoms with van der Waals surface area (Å²) in [7, 11) is 1.88. The van der Waals surface area contributed by atoms with Crippen LogP contribution in [0.2, 0.25) is 0 Å². The first kappa shape index (κ1) is 17.0. The van der Waals surface area contributed by atoms with Crippen molar-refractivity contribution in [1.29, 1.82) is 0 Å². The average Bonchev–Trinajstić information content (AvgIpc) is 3.01. The molecule has 4 heteroatoms. The molecule has 1 fully saturated rings. The van der Waals surface area contributed by atoms with Gasteiger partial charge in [-0.05, 0) is 31.9 Å². The molecule has 1 aromatic rings. The van der Waals surface area contributed by atoms with Crippen molar-refractivity contribution in [1.82, 2.24) is 10.2 Å². The Bertz CT molecular complexity index is 450. The van der Waals surface area contributed by atoms with E-state index in [2.05, 4.69) is 29.6 Å². The van der Waals surface area contributed by atoms with Crippen LogP contribution in [0.15, 0.2) is 30.3 Å². The molecule has 1 aliphatic rings. The number of nitrogens with one attached hydrogen (secondary N) is 1. The predicted octanol–water partition coefficient (Wildman–Crippen LogP) is 2.09. The zero-order chi connectivity index (χ0) is 15.8. The van der Waals surface area contributed by atoms with Gasteiger partial charge in [-0.2, -0.15) is 0 Å². The molecule has 1 amide bonds. The number of rotatable bonds is 8. The lowest BCUT2D eigenvalue weighted by Gasteiger charge is -2.20. The molecule has 4 nitrogen and oxygen atoms in total. The Morgan fingerprint density at radius 1 is 1.41 bits per heavy atom. The van der Waals surface area contributed by atoms with Crippen molar-refractivity contribution < 1.29 is 9.53 Å². The molecule has 0 saturated carbocycles. The quantitative estimate of drug-likeness (QED) is 0.748. The molecule has 0 bridgehead atoms. The highest BCUT2D eigenvalue weighted by Crippen LogP contribution is 2.16. The summed E-state index contributed by atoms with van der Waals surface area (Å²) in [6, 6.07) is 10.5. The van der Waals surface area contributed by atoms with Gasteiger partial charge in [0.05, 0.1) is 6.10 Å². The lowest BCUT2D eigenvalue weighted by molar-refractivity contribution is -0.134. The van der Waals surface area contributed by atoms with E-state index in [0.29, 0.717) is 0 Å². The molecular weight excluding hydrogens is 276 g/mol. The van der Waals surface area contributed by atoms with Crippen molar-refractivity contribution >= 4 is 5.91 Å². The van der Waals surface area contributed by atoms with Gasteiger partial charge in [-0.1, -0.05) is 37.3 Å². The molecule has 2 atom stereocenters. The topological polar surface area (TPSA) is 41.6 Å². The van der Waals surface area contributed by atoms with Crippen molar-refractivity contribution in [3.8, 4) is 0 Å². The number of hydrogen-bond donors (Lipinski definition) is 1. The summed E-state index contributed by atoms with van der Waals surface area (Å²) < 4.78 is 5.94. The third-order valence-corrected chi connectivity index (χ3v) is 4.19. The van der Waals surface area contributed by atoms with E-state index in [9.17, 15) is 4.79 Å². The highest BCUT2D eigenvalue weighted by molar-refractivity contribution is 5.79. The van der Waals surface area contributed by atoms with Crippen LogP contribution in [0.3, 0.4) is 0 Å². The average molecular weight is 304 g/mol. The maximum atomic E-state index is 12.2. The first-order valence-electron chi connectivity index (χ1n) is 8.29. The Balaban J connectivity index is 1.63. The number of benzene rings is 1. The molecule has 1 aliphatic heterocycles. The van der Waals surface area contributed by atoms with Crippen molar-refractivity contribution in [2.75, 3.05) is 33.3 Å². The molecule has 0 radical (unpaired) electrons. The molecule has 1 N–H and O–H groups in total. The molecule has 1 saturated heterocycles. The molecule has 1 heterocycles. The van der Waals surface area contributed by atoms with Gasteiger partial charge < -0.3 is 15.0 Å². The predicted molar refractivity (Wildman–Crippen MR) is 88.8 cm³/mol. The molecule has 0 aliphatic carbocycles. The summed E-state index contributed by atoms with van der Waals surface area (Å²) in [6.45, 7) is 5.06. The largest absolute Gasteiger partial charge is 0.376 e. The molecular formula is C18H28N2O2. The molecule has 0 spiro atoms. The Kier molecular flexibility index (Phi) is 6.87. The fourth-order valence-electron chi connectivity index (χ4n) is 2.94. The van der Waals surface area contributed by atoms with Gasteiger partial charge in [0.15, 0.2) is 0 Å². The number of hydrogen-bond acceptors (Lipinski definition) is 3. The van der Waals surface area contributed by atoms with E-state index in [1.807, 2.05) is 24.9 Å². The van der Waals surface area contributed by atoms with E-state index in [-0.39, 0.29) is 17.9 Å². The third-order valence-electron chi connectivity index (χ3n) is 4.19. The SMILES string of the molecule is CNCC(C)C(=O)N1CCC(OCCCc2ccccc2)C1. The zero-order valence-electron chi connectivity index (χ0n) is 13.8. The van der Waals surface area contributed by atoms with Crippen molar-refractivity contribution in [2.45, 2.75) is 32.3 Å². The van der Waals surface area contributed by atoms with E-state index in [1.54, 1.807) is 0 Å². The van der Waals surface area contributed by atoms with Crippen LogP contribution in [-0.2, 0) is 16.0 Å². The lowest BCUT2D eigenvalue weighted by Crippen LogP contribution is -2.37. The summed E-state index contributed by atoms with van der Waals surface area (Å²) >= 11 is 0. The second-order valence-electron chi connectivity index (χ2n) is 6.11. The molecule has 0 aromatic heterocycles. The highest BCUT2D eigenvalue weighted by atomic mass is 16.5. The normalized spacial score (nSPS) is 19.4. The van der Waals surface area contributed by atoms with Crippen LogP contribution in [0.1, 0.15) is 25.3 Å². The van der Waals surface area contributed by atoms with Crippen LogP contribution in [-0.4, -0.2) is 50.2 Å². The molecule has 22 heavy (non-hydrogen) atoms. The van der Waals surface area contributed by atoms with Gasteiger partial charge in [-0.15, -0.1) is 0 Å². The lowest BCUT2D eigenvalue weighted by atomic mass is 10.1. The zero-order valence-corrected chi connectivity index (χ0v) is 13.8. The van der Waals surface area contributed by atoms with Gasteiger partial charge in [0.25, 0.3) is 0 Å². The van der Waals surface area contributed by atoms with Crippen LogP contribution in [0.4, 0.5) is 0 Å². The van der Waals surface area contributed by atoms with Crippen LogP contribution in [0, 0.1) is 5.92 Å². The van der Waals surface area contributed by atoms with Gasteiger partial charge in [-0.3, -0.25) is 4.79 Å². The van der Waals surface area contributed by atoms with Gasteiger partial charge >= 0.3 is 0 Å². The van der Waals surface area contributed by atoms with Gasteiger partial charge in [0, 0.05) is 32.2 Å². The summed E-state index contributed by atoms with van der Waals surface area (Å²) in [5.41, 5.74) is 1.36. The van der Waals surface area contributed by atoms with Crippen LogP contribution in [0.25, 0.3) is 0 Å². The maximum absolute atomic E-state index is 12.2. The van der Waals surface area contributed by atoms with Crippen LogP contribution in [0.5, 0.6) is 0 Å². The monoisotopic (exact) mass is 304 g/mol. The minimum atomic E-state index is 0.0434. The summed E-state index contributed by atoms with van der Waals surface area (Å²) in [6.07, 6.45) is 3.25. The van der Waals surface area contributed by atoms with Crippen LogP contribution < -0.4 is 5.32 Å². The van der Waals surface area contributed by atoms with E-state index < -0.39 is 0 Å². The van der Waals surface area contributed by atoms with E-state index >= 15 is 0 Å². The second kappa shape index (κ2) is 8.91. The maximum Gasteiger partial charge on any atom is 0.226 e. The number of likely N-dealkylation sites (tertiary alicyclic amines) is 1. The number of aryl methyl sites for hydroxylation is 1. The molecule has 2 rings (SSSR count). The smallest absolute Gasteiger partial charge is 0.226 e. The second-order valence-corrected chi connectivity index (χ2v) is 6.11. The fourth-order valence-corrected chi connectivity index (χ4v) is 2.94. The van der Waals surface area contributed by atoms with Crippen LogP contribution >= 0.6 is 0 Å². The Morgan fingerprint density at radius 3 is 2.91 bits per heavy atom. The summed E-state index contributed by atoms with van der Waals surface area (Å²) in [4.78, 5) is 14.2. The van der Waals surface area contributed by atoms with Crippen molar-refractivity contribution in [3.63, 3.8) is 0 Å². The first-order valence-corrected chi connectivity index (χ1v) is 8.29. The molecule has 122 valence electrons. The Hall–Kier alpha value is -1.39. The minimum absolute atomic E-state index is 0.0434. The van der Waals surface area contributed by atoms with Crippen molar-refractivity contribution in [3.05, 3.63) is 35.9 Å². The number of amides is 1. The van der Waals surface area contributed by atoms with Crippen molar-refractivity contribution in [2.24, 2.45) is 5.92 Å². The Labute approximate surface area is 133 Å². The summed E-state index contributed by atoms with van der Waals surface area (Å²) in [5, 5.41) is 3.06. The standard InChI is InChI=1S/C18H28N2O2/c1-15(13-19-2)18(21)20-11-10-17(14-20)22-12-6-9-16-7-4-3-5-8-16/h3-5,7-8,15,17,19H,6,9-14H2,1-2H3. The molecule has 1 aromatic carbocycles.